The van der Waals surface area contributed by atoms with Crippen LogP contribution in [0.4, 0.5) is 5.13 Å². The number of thiazole rings is 1. The van der Waals surface area contributed by atoms with Crippen LogP contribution in [-0.4, -0.2) is 57.8 Å². The second kappa shape index (κ2) is 12.0. The lowest BCUT2D eigenvalue weighted by atomic mass is 10.2. The monoisotopic (exact) mass is 558 g/mol. The SMILES string of the molecule is CN=C(NCCCc1cc2c(OC)cc(OC)cc2[nH]1)NCc1csc(N(C)C)n1.I. The quantitative estimate of drug-likeness (QED) is 0.161. The minimum Gasteiger partial charge on any atom is -0.497 e. The van der Waals surface area contributed by atoms with E-state index in [0.717, 1.165) is 58.6 Å². The van der Waals surface area contributed by atoms with E-state index >= 15 is 0 Å². The van der Waals surface area contributed by atoms with Crippen molar-refractivity contribution in [1.29, 1.82) is 0 Å². The largest absolute Gasteiger partial charge is 0.497 e. The van der Waals surface area contributed by atoms with Crippen LogP contribution in [0.1, 0.15) is 17.8 Å². The number of aliphatic imine (C=N–C) groups is 1. The van der Waals surface area contributed by atoms with Crippen LogP contribution < -0.4 is 25.0 Å². The van der Waals surface area contributed by atoms with Gasteiger partial charge in [-0.1, -0.05) is 0 Å². The maximum Gasteiger partial charge on any atom is 0.191 e. The zero-order valence-electron chi connectivity index (χ0n) is 18.6. The number of H-pyrrole nitrogens is 1. The number of fused-ring (bicyclic) bond motifs is 1. The predicted molar refractivity (Wildman–Crippen MR) is 140 cm³/mol. The molecule has 3 rings (SSSR count). The molecule has 0 bridgehead atoms. The lowest BCUT2D eigenvalue weighted by Crippen LogP contribution is -2.37. The van der Waals surface area contributed by atoms with Crippen LogP contribution >= 0.6 is 35.3 Å². The van der Waals surface area contributed by atoms with Crippen molar-refractivity contribution in [2.75, 3.05) is 46.8 Å². The molecule has 0 saturated heterocycles. The zero-order chi connectivity index (χ0) is 21.5. The Morgan fingerprint density at radius 3 is 2.65 bits per heavy atom. The smallest absolute Gasteiger partial charge is 0.191 e. The van der Waals surface area contributed by atoms with E-state index in [1.165, 1.54) is 5.69 Å². The average molecular weight is 558 g/mol. The van der Waals surface area contributed by atoms with Gasteiger partial charge in [0.1, 0.15) is 11.5 Å². The summed E-state index contributed by atoms with van der Waals surface area (Å²) in [5, 5.41) is 10.8. The lowest BCUT2D eigenvalue weighted by Gasteiger charge is -2.11. The number of benzene rings is 1. The van der Waals surface area contributed by atoms with E-state index in [2.05, 4.69) is 37.0 Å². The molecule has 2 aromatic heterocycles. The highest BCUT2D eigenvalue weighted by molar-refractivity contribution is 14.0. The molecule has 2 heterocycles. The Kier molecular flexibility index (Phi) is 9.69. The summed E-state index contributed by atoms with van der Waals surface area (Å²) in [6.07, 6.45) is 1.89. The van der Waals surface area contributed by atoms with Crippen LogP contribution in [0.3, 0.4) is 0 Å². The summed E-state index contributed by atoms with van der Waals surface area (Å²) in [5.41, 5.74) is 3.20. The van der Waals surface area contributed by atoms with Crippen molar-refractivity contribution < 1.29 is 9.47 Å². The van der Waals surface area contributed by atoms with Crippen molar-refractivity contribution in [3.05, 3.63) is 35.0 Å². The summed E-state index contributed by atoms with van der Waals surface area (Å²) in [6, 6.07) is 6.04. The fraction of sp³-hybridized carbons (Fsp3) is 0.429. The van der Waals surface area contributed by atoms with E-state index in [9.17, 15) is 0 Å². The van der Waals surface area contributed by atoms with Gasteiger partial charge in [-0.15, -0.1) is 35.3 Å². The number of guanidine groups is 1. The highest BCUT2D eigenvalue weighted by Crippen LogP contribution is 2.31. The van der Waals surface area contributed by atoms with Crippen LogP contribution in [0.2, 0.25) is 0 Å². The maximum absolute atomic E-state index is 5.49. The third-order valence-electron chi connectivity index (χ3n) is 4.68. The number of ether oxygens (including phenoxy) is 2. The summed E-state index contributed by atoms with van der Waals surface area (Å²) >= 11 is 1.64. The Morgan fingerprint density at radius 2 is 2.00 bits per heavy atom. The molecule has 31 heavy (non-hydrogen) atoms. The Hall–Kier alpha value is -2.21. The number of halogens is 1. The Balaban J connectivity index is 0.00000341. The fourth-order valence-electron chi connectivity index (χ4n) is 3.12. The van der Waals surface area contributed by atoms with Gasteiger partial charge in [-0.25, -0.2) is 4.98 Å². The number of hydrogen-bond donors (Lipinski definition) is 3. The van der Waals surface area contributed by atoms with Crippen molar-refractivity contribution in [2.45, 2.75) is 19.4 Å². The van der Waals surface area contributed by atoms with Crippen molar-refractivity contribution >= 4 is 57.3 Å². The first-order chi connectivity index (χ1) is 14.5. The van der Waals surface area contributed by atoms with Crippen LogP contribution in [0.25, 0.3) is 10.9 Å². The first-order valence-electron chi connectivity index (χ1n) is 9.84. The second-order valence-electron chi connectivity index (χ2n) is 7.06. The van der Waals surface area contributed by atoms with Crippen molar-refractivity contribution in [3.63, 3.8) is 0 Å². The van der Waals surface area contributed by atoms with E-state index in [4.69, 9.17) is 9.47 Å². The van der Waals surface area contributed by atoms with Crippen molar-refractivity contribution in [3.8, 4) is 11.5 Å². The predicted octanol–water partition coefficient (Wildman–Crippen LogP) is 3.62. The van der Waals surface area contributed by atoms with Crippen molar-refractivity contribution in [1.82, 2.24) is 20.6 Å². The van der Waals surface area contributed by atoms with E-state index < -0.39 is 0 Å². The molecule has 1 aromatic carbocycles. The van der Waals surface area contributed by atoms with E-state index in [0.29, 0.717) is 6.54 Å². The molecule has 170 valence electrons. The maximum atomic E-state index is 5.49. The molecule has 0 aliphatic rings. The topological polar surface area (TPSA) is 86.8 Å². The summed E-state index contributed by atoms with van der Waals surface area (Å²) in [4.78, 5) is 14.3. The Morgan fingerprint density at radius 1 is 1.19 bits per heavy atom. The number of hydrogen-bond acceptors (Lipinski definition) is 6. The molecule has 0 atom stereocenters. The lowest BCUT2D eigenvalue weighted by molar-refractivity contribution is 0.398. The number of rotatable bonds is 9. The second-order valence-corrected chi connectivity index (χ2v) is 7.89. The van der Waals surface area contributed by atoms with Gasteiger partial charge in [0, 0.05) is 56.3 Å². The average Bonchev–Trinajstić information content (AvgIpc) is 3.39. The minimum atomic E-state index is 0. The van der Waals surface area contributed by atoms with E-state index in [-0.39, 0.29) is 24.0 Å². The van der Waals surface area contributed by atoms with Gasteiger partial charge in [-0.2, -0.15) is 0 Å². The van der Waals surface area contributed by atoms with E-state index in [1.54, 1.807) is 32.6 Å². The normalized spacial score (nSPS) is 11.2. The molecule has 0 amide bonds. The number of aromatic nitrogens is 2. The number of nitrogens with zero attached hydrogens (tertiary/aromatic N) is 3. The van der Waals surface area contributed by atoms with Gasteiger partial charge in [0.15, 0.2) is 11.1 Å². The molecule has 8 nitrogen and oxygen atoms in total. The molecule has 0 aliphatic heterocycles. The molecule has 0 aliphatic carbocycles. The van der Waals surface area contributed by atoms with Crippen molar-refractivity contribution in [2.24, 2.45) is 4.99 Å². The van der Waals surface area contributed by atoms with Gasteiger partial charge in [0.05, 0.1) is 32.0 Å². The van der Waals surface area contributed by atoms with Gasteiger partial charge >= 0.3 is 0 Å². The standard InChI is InChI=1S/C21H30N6O2S.HI/c1-22-20(24-12-15-13-30-21(26-15)27(2)3)23-8-6-7-14-9-17-18(25-14)10-16(28-4)11-19(17)29-5;/h9-11,13,25H,6-8,12H2,1-5H3,(H2,22,23,24);1H. The first kappa shape index (κ1) is 25.1. The number of nitrogens with one attached hydrogen (secondary N) is 3. The third-order valence-corrected chi connectivity index (χ3v) is 5.74. The fourth-order valence-corrected chi connectivity index (χ4v) is 3.88. The number of aryl methyl sites for hydroxylation is 1. The summed E-state index contributed by atoms with van der Waals surface area (Å²) in [5.74, 6) is 2.37. The van der Waals surface area contributed by atoms with Crippen LogP contribution in [0.15, 0.2) is 28.6 Å². The van der Waals surface area contributed by atoms with Crippen LogP contribution in [-0.2, 0) is 13.0 Å². The highest BCUT2D eigenvalue weighted by Gasteiger charge is 2.09. The van der Waals surface area contributed by atoms with Crippen LogP contribution in [0, 0.1) is 0 Å². The molecule has 3 aromatic rings. The van der Waals surface area contributed by atoms with Crippen LogP contribution in [0.5, 0.6) is 11.5 Å². The van der Waals surface area contributed by atoms with Gasteiger partial charge in [0.2, 0.25) is 0 Å². The molecule has 0 unspecified atom stereocenters. The highest BCUT2D eigenvalue weighted by atomic mass is 127. The molecule has 0 spiro atoms. The molecule has 10 heteroatoms. The summed E-state index contributed by atoms with van der Waals surface area (Å²) in [7, 11) is 9.11. The van der Waals surface area contributed by atoms with Gasteiger partial charge in [0.25, 0.3) is 0 Å². The number of aromatic amines is 1. The first-order valence-corrected chi connectivity index (χ1v) is 10.7. The molecule has 3 N–H and O–H groups in total. The zero-order valence-corrected chi connectivity index (χ0v) is 21.8. The van der Waals surface area contributed by atoms with Gasteiger partial charge < -0.3 is 30.0 Å². The van der Waals surface area contributed by atoms with Gasteiger partial charge in [-0.3, -0.25) is 4.99 Å². The summed E-state index contributed by atoms with van der Waals surface area (Å²) in [6.45, 7) is 1.46. The Labute approximate surface area is 204 Å². The molecular weight excluding hydrogens is 527 g/mol. The third kappa shape index (κ3) is 6.63. The minimum absolute atomic E-state index is 0. The number of anilines is 1. The number of methoxy groups -OCH3 is 2. The molecule has 0 radical (unpaired) electrons. The van der Waals surface area contributed by atoms with Gasteiger partial charge in [-0.05, 0) is 18.9 Å². The molecule has 0 saturated carbocycles. The van der Waals surface area contributed by atoms with E-state index in [1.807, 2.05) is 31.1 Å². The molecule has 0 fully saturated rings. The molecular formula is C21H31IN6O2S. The Bertz CT molecular complexity index is 1000. The summed E-state index contributed by atoms with van der Waals surface area (Å²) < 4.78 is 10.8.